The molecule has 6 N–H and O–H groups in total. The average Bonchev–Trinajstić information content (AvgIpc) is 4.16. The maximum absolute atomic E-state index is 15.8. The molecule has 0 saturated heterocycles. The first-order chi connectivity index (χ1) is 38.0. The van der Waals surface area contributed by atoms with Crippen molar-refractivity contribution >= 4 is 64.2 Å². The van der Waals surface area contributed by atoms with Gasteiger partial charge in [-0.15, -0.1) is 0 Å². The maximum atomic E-state index is 15.8. The lowest BCUT2D eigenvalue weighted by atomic mass is 9.80. The molecular formula is C57H65FN8O14. The van der Waals surface area contributed by atoms with Gasteiger partial charge in [0.05, 0.1) is 67.2 Å². The summed E-state index contributed by atoms with van der Waals surface area (Å²) in [5.41, 5.74) is 5.76. The van der Waals surface area contributed by atoms with Gasteiger partial charge in [0.2, 0.25) is 29.5 Å². The molecule has 4 aliphatic rings. The summed E-state index contributed by atoms with van der Waals surface area (Å²) >= 11 is 0. The first-order valence-corrected chi connectivity index (χ1v) is 26.6. The van der Waals surface area contributed by atoms with Crippen LogP contribution in [0.2, 0.25) is 0 Å². The molecule has 1 aliphatic carbocycles. The molecular weight excluding hydrogens is 1040 g/mol. The van der Waals surface area contributed by atoms with Crippen molar-refractivity contribution in [1.29, 1.82) is 0 Å². The zero-order chi connectivity index (χ0) is 57.8. The molecule has 23 heteroatoms. The molecule has 8 rings (SSSR count). The number of primary amides is 1. The van der Waals surface area contributed by atoms with E-state index in [0.29, 0.717) is 52.5 Å². The number of rotatable bonds is 23. The Hall–Kier alpha value is -8.18. The van der Waals surface area contributed by atoms with E-state index >= 15 is 9.18 Å². The van der Waals surface area contributed by atoms with Gasteiger partial charge >= 0.3 is 11.9 Å². The zero-order valence-electron chi connectivity index (χ0n) is 45.2. The molecule has 424 valence electrons. The van der Waals surface area contributed by atoms with Crippen molar-refractivity contribution in [2.45, 2.75) is 135 Å². The molecule has 0 fully saturated rings. The van der Waals surface area contributed by atoms with Crippen LogP contribution in [0.25, 0.3) is 22.3 Å². The maximum Gasteiger partial charge on any atom is 0.343 e. The SMILES string of the molecule is CC[C@@]1(O)C(=O)OCc2c1cc1n(c2=O)Cc2c-1nc1cc(F)c(C)c3c1c2[C@@H](N(CC(N)=O)C(=O)[C@H](Cc1ccccc1)NC(=O)CNC(=O)COC[C@H](CC(=O)OC(C)(C)C)NC(=O)CCCCCN1C(=O)C=CC1=O)CC3. The minimum Gasteiger partial charge on any atom is -0.460 e. The predicted molar refractivity (Wildman–Crippen MR) is 284 cm³/mol. The quantitative estimate of drug-likeness (QED) is 0.0356. The number of esters is 2. The zero-order valence-corrected chi connectivity index (χ0v) is 45.2. The van der Waals surface area contributed by atoms with Crippen LogP contribution in [0.5, 0.6) is 0 Å². The number of amides is 7. The summed E-state index contributed by atoms with van der Waals surface area (Å²) in [5.74, 6) is -6.43. The lowest BCUT2D eigenvalue weighted by Gasteiger charge is -2.38. The Morgan fingerprint density at radius 3 is 2.38 bits per heavy atom. The van der Waals surface area contributed by atoms with Crippen LogP contribution in [-0.4, -0.2) is 128 Å². The van der Waals surface area contributed by atoms with Crippen molar-refractivity contribution in [3.63, 3.8) is 0 Å². The Balaban J connectivity index is 0.983. The summed E-state index contributed by atoms with van der Waals surface area (Å²) in [4.78, 5) is 139. The second-order valence-electron chi connectivity index (χ2n) is 21.4. The molecule has 4 atom stereocenters. The number of benzene rings is 2. The molecule has 7 amide bonds. The van der Waals surface area contributed by atoms with Gasteiger partial charge in [-0.3, -0.25) is 48.1 Å². The lowest BCUT2D eigenvalue weighted by molar-refractivity contribution is -0.172. The minimum absolute atomic E-state index is 0.0610. The van der Waals surface area contributed by atoms with E-state index in [1.54, 1.807) is 65.0 Å². The second-order valence-corrected chi connectivity index (χ2v) is 21.4. The van der Waals surface area contributed by atoms with Gasteiger partial charge in [0.15, 0.2) is 5.60 Å². The first-order valence-electron chi connectivity index (χ1n) is 26.6. The van der Waals surface area contributed by atoms with Gasteiger partial charge in [-0.05, 0) is 88.1 Å². The van der Waals surface area contributed by atoms with Gasteiger partial charge in [0, 0.05) is 54.1 Å². The number of hydrogen-bond donors (Lipinski definition) is 5. The number of carbonyl (C=O) groups is 9. The van der Waals surface area contributed by atoms with Gasteiger partial charge in [0.25, 0.3) is 17.4 Å². The molecule has 0 bridgehead atoms. The number of ether oxygens (including phenoxy) is 3. The van der Waals surface area contributed by atoms with Crippen LogP contribution in [0, 0.1) is 12.7 Å². The van der Waals surface area contributed by atoms with E-state index in [4.69, 9.17) is 24.9 Å². The number of pyridine rings is 2. The molecule has 0 unspecified atom stereocenters. The summed E-state index contributed by atoms with van der Waals surface area (Å²) in [5, 5.41) is 20.0. The van der Waals surface area contributed by atoms with Crippen molar-refractivity contribution < 1.29 is 66.9 Å². The van der Waals surface area contributed by atoms with E-state index in [1.165, 1.54) is 33.8 Å². The average molecular weight is 1110 g/mol. The number of cyclic esters (lactones) is 1. The van der Waals surface area contributed by atoms with Gasteiger partial charge < -0.3 is 50.5 Å². The van der Waals surface area contributed by atoms with Crippen molar-refractivity contribution in [3.05, 3.63) is 110 Å². The number of nitrogens with zero attached hydrogens (tertiary/aromatic N) is 4. The highest BCUT2D eigenvalue weighted by Gasteiger charge is 2.47. The molecule has 0 saturated carbocycles. The summed E-state index contributed by atoms with van der Waals surface area (Å²) < 4.78 is 33.5. The molecule has 5 heterocycles. The topological polar surface area (TPSA) is 305 Å². The van der Waals surface area contributed by atoms with Gasteiger partial charge in [-0.2, -0.15) is 0 Å². The fourth-order valence-corrected chi connectivity index (χ4v) is 10.8. The van der Waals surface area contributed by atoms with E-state index < -0.39 is 102 Å². The van der Waals surface area contributed by atoms with E-state index in [-0.39, 0.29) is 105 Å². The highest BCUT2D eigenvalue weighted by atomic mass is 19.1. The summed E-state index contributed by atoms with van der Waals surface area (Å²) in [6.07, 6.45) is 3.81. The first kappa shape index (κ1) is 58.0. The molecule has 2 aromatic heterocycles. The number of fused-ring (bicyclic) bond motifs is 5. The minimum atomic E-state index is -2.13. The summed E-state index contributed by atoms with van der Waals surface area (Å²) in [7, 11) is 0. The van der Waals surface area contributed by atoms with Crippen LogP contribution < -0.4 is 27.2 Å². The number of nitrogens with one attached hydrogen (secondary N) is 3. The number of aromatic nitrogens is 2. The monoisotopic (exact) mass is 1100 g/mol. The molecule has 80 heavy (non-hydrogen) atoms. The molecule has 0 radical (unpaired) electrons. The number of carbonyl (C=O) groups excluding carboxylic acids is 9. The van der Waals surface area contributed by atoms with Crippen LogP contribution in [0.4, 0.5) is 4.39 Å². The third-order valence-electron chi connectivity index (χ3n) is 14.6. The van der Waals surface area contributed by atoms with Crippen molar-refractivity contribution in [2.75, 3.05) is 32.8 Å². The third kappa shape index (κ3) is 12.6. The van der Waals surface area contributed by atoms with Crippen LogP contribution in [0.3, 0.4) is 0 Å². The Kier molecular flexibility index (Phi) is 17.4. The van der Waals surface area contributed by atoms with Crippen molar-refractivity contribution in [3.8, 4) is 11.4 Å². The Bertz CT molecular complexity index is 3260. The summed E-state index contributed by atoms with van der Waals surface area (Å²) in [6.45, 7) is 5.85. The largest absolute Gasteiger partial charge is 0.460 e. The predicted octanol–water partition coefficient (Wildman–Crippen LogP) is 2.39. The molecule has 0 spiro atoms. The highest BCUT2D eigenvalue weighted by molar-refractivity contribution is 6.12. The highest BCUT2D eigenvalue weighted by Crippen LogP contribution is 2.48. The number of hydrogen-bond acceptors (Lipinski definition) is 15. The molecule has 2 aromatic carbocycles. The van der Waals surface area contributed by atoms with E-state index in [1.807, 2.05) is 0 Å². The number of aryl methyl sites for hydroxylation is 1. The summed E-state index contributed by atoms with van der Waals surface area (Å²) in [6, 6.07) is 8.29. The van der Waals surface area contributed by atoms with E-state index in [9.17, 15) is 48.3 Å². The van der Waals surface area contributed by atoms with Crippen molar-refractivity contribution in [1.82, 2.24) is 35.3 Å². The molecule has 22 nitrogen and oxygen atoms in total. The number of halogens is 1. The van der Waals surface area contributed by atoms with Crippen LogP contribution in [-0.2, 0) is 89.0 Å². The fourth-order valence-electron chi connectivity index (χ4n) is 10.8. The van der Waals surface area contributed by atoms with Crippen LogP contribution in [0.15, 0.2) is 59.4 Å². The van der Waals surface area contributed by atoms with E-state index in [0.717, 1.165) is 4.90 Å². The third-order valence-corrected chi connectivity index (χ3v) is 14.6. The fraction of sp³-hybridized carbons (Fsp3) is 0.456. The Labute approximate surface area is 459 Å². The lowest BCUT2D eigenvalue weighted by Crippen LogP contribution is -2.54. The van der Waals surface area contributed by atoms with E-state index in [2.05, 4.69) is 16.0 Å². The second kappa shape index (κ2) is 24.0. The van der Waals surface area contributed by atoms with Crippen LogP contribution >= 0.6 is 0 Å². The normalized spacial score (nSPS) is 17.7. The van der Waals surface area contributed by atoms with Gasteiger partial charge in [-0.25, -0.2) is 14.2 Å². The Morgan fingerprint density at radius 1 is 0.963 bits per heavy atom. The van der Waals surface area contributed by atoms with Gasteiger partial charge in [0.1, 0.15) is 30.7 Å². The Morgan fingerprint density at radius 2 is 1.69 bits per heavy atom. The number of unbranched alkanes of at least 4 members (excludes halogenated alkanes) is 2. The number of imide groups is 1. The van der Waals surface area contributed by atoms with Crippen LogP contribution in [0.1, 0.15) is 118 Å². The number of nitrogens with two attached hydrogens (primary N) is 1. The standard InChI is InChI=1S/C57H65FN8O14/c1-6-57(77)37-23-42-52-35(26-65(42)53(74)36(37)29-79-55(57)76)51-41(17-16-34-31(2)38(58)24-39(63-52)50(34)51)66(27-43(59)67)54(75)40(21-32-13-9-7-10-14-32)62-45(69)25-60-46(70)30-78-28-33(22-49(73)80-56(3,4)5)61-44(68)15-11-8-12-20-64-47(71)18-19-48(64)72/h7,9-10,13-14,18-19,23-24,33,40-41,77H,6,8,11-12,15-17,20-22,25-30H2,1-5H3,(H2,59,67)(H,60,70)(H,61,68)(H,62,69)/t33-,40-,41-,57-/m0/s1. The molecule has 3 aliphatic heterocycles. The number of aliphatic hydroxyl groups is 1. The molecule has 4 aromatic rings. The van der Waals surface area contributed by atoms with Crippen molar-refractivity contribution in [2.24, 2.45) is 5.73 Å². The van der Waals surface area contributed by atoms with Gasteiger partial charge in [-0.1, -0.05) is 43.7 Å². The smallest absolute Gasteiger partial charge is 0.343 e.